The highest BCUT2D eigenvalue weighted by atomic mass is 19.4. The molecule has 0 aliphatic carbocycles. The van der Waals surface area contributed by atoms with E-state index in [0.29, 0.717) is 29.1 Å². The Morgan fingerprint density at radius 3 is 2.66 bits per heavy atom. The number of nitrogens with one attached hydrogen (secondary N) is 2. The Labute approximate surface area is 197 Å². The van der Waals surface area contributed by atoms with E-state index in [9.17, 15) is 22.8 Å². The number of urea groups is 1. The molecule has 0 bridgehead atoms. The first-order valence-electron chi connectivity index (χ1n) is 10.4. The number of nitrogens with zero attached hydrogens (tertiary/aromatic N) is 4. The van der Waals surface area contributed by atoms with Gasteiger partial charge >= 0.3 is 12.2 Å². The minimum atomic E-state index is -4.72. The number of nitrogen functional groups attached to an aromatic ring is 1. The monoisotopic (exact) mass is 499 g/mol. The molecule has 0 saturated carbocycles. The molecule has 2 aromatic rings. The van der Waals surface area contributed by atoms with Crippen molar-refractivity contribution in [3.05, 3.63) is 46.0 Å². The number of pyridine rings is 2. The topological polar surface area (TPSA) is 130 Å². The average molecular weight is 499 g/mol. The molecular weight excluding hydrogens is 474 g/mol. The Kier molecular flexibility index (Phi) is 7.22. The number of ether oxygens (including phenoxy) is 1. The molecule has 0 aromatic carbocycles. The number of halogens is 4. The molecule has 3 rings (SSSR count). The van der Waals surface area contributed by atoms with Crippen molar-refractivity contribution in [3.63, 3.8) is 0 Å². The number of amides is 2. The Bertz CT molecular complexity index is 1180. The number of carbonyl (C=O) groups excluding carboxylic acids is 1. The third kappa shape index (κ3) is 5.46. The van der Waals surface area contributed by atoms with Crippen LogP contribution < -0.4 is 21.5 Å². The molecule has 1 unspecified atom stereocenters. The molecule has 1 aliphatic rings. The lowest BCUT2D eigenvalue weighted by Gasteiger charge is -2.40. The summed E-state index contributed by atoms with van der Waals surface area (Å²) >= 11 is 0. The van der Waals surface area contributed by atoms with Crippen LogP contribution in [-0.2, 0) is 18.0 Å². The third-order valence-corrected chi connectivity index (χ3v) is 5.80. The number of aromatic nitrogens is 2. The molecule has 190 valence electrons. The van der Waals surface area contributed by atoms with E-state index in [1.165, 1.54) is 20.4 Å². The van der Waals surface area contributed by atoms with Crippen molar-refractivity contribution in [2.75, 3.05) is 43.2 Å². The number of piperidine rings is 1. The van der Waals surface area contributed by atoms with Crippen LogP contribution in [0.2, 0.25) is 0 Å². The minimum absolute atomic E-state index is 0.0874. The van der Waals surface area contributed by atoms with Crippen molar-refractivity contribution >= 4 is 29.1 Å². The van der Waals surface area contributed by atoms with Crippen LogP contribution in [0, 0.1) is 5.41 Å². The number of carbonyl (C=O) groups is 1. The van der Waals surface area contributed by atoms with Gasteiger partial charge in [-0.2, -0.15) is 13.2 Å². The van der Waals surface area contributed by atoms with Crippen LogP contribution >= 0.6 is 0 Å². The molecule has 1 aliphatic heterocycles. The van der Waals surface area contributed by atoms with Gasteiger partial charge in [-0.1, -0.05) is 0 Å². The zero-order valence-corrected chi connectivity index (χ0v) is 19.2. The van der Waals surface area contributed by atoms with E-state index in [-0.39, 0.29) is 30.2 Å². The highest BCUT2D eigenvalue weighted by Gasteiger charge is 2.36. The van der Waals surface area contributed by atoms with Gasteiger partial charge < -0.3 is 30.2 Å². The number of nitrogens with two attached hydrogens (primary N) is 1. The second-order valence-electron chi connectivity index (χ2n) is 8.07. The van der Waals surface area contributed by atoms with Crippen molar-refractivity contribution < 1.29 is 27.1 Å². The number of hydrogen-bond donors (Lipinski definition) is 3. The van der Waals surface area contributed by atoms with Crippen LogP contribution in [0.3, 0.4) is 0 Å². The lowest BCUT2D eigenvalue weighted by molar-refractivity contribution is -0.138. The standard InChI is InChI=1S/C21H25F4N7O3/c1-30-9-11(21(23,24)25)6-15(19(30)33)29-20(34)31(2)16-4-5-32(10-14(16)22)12-7-13(18(27)35-3)17(26)28-8-12/h6-9,14,16,27H,4-5,10H2,1-3H3,(H2,26,28)(H,29,34)/t14-,16?/m1/s1. The summed E-state index contributed by atoms with van der Waals surface area (Å²) in [5.41, 5.74) is 4.03. The zero-order valence-electron chi connectivity index (χ0n) is 19.2. The molecule has 10 nitrogen and oxygen atoms in total. The first kappa shape index (κ1) is 25.8. The molecule has 4 N–H and O–H groups in total. The third-order valence-electron chi connectivity index (χ3n) is 5.80. The van der Waals surface area contributed by atoms with Crippen molar-refractivity contribution in [1.82, 2.24) is 14.5 Å². The van der Waals surface area contributed by atoms with E-state index >= 15 is 4.39 Å². The fraction of sp³-hybridized carbons (Fsp3) is 0.429. The van der Waals surface area contributed by atoms with E-state index in [1.54, 1.807) is 11.0 Å². The molecule has 2 atom stereocenters. The molecule has 0 spiro atoms. The maximum atomic E-state index is 15.1. The minimum Gasteiger partial charge on any atom is -0.481 e. The van der Waals surface area contributed by atoms with E-state index in [2.05, 4.69) is 10.3 Å². The molecule has 1 fully saturated rings. The van der Waals surface area contributed by atoms with E-state index in [1.807, 2.05) is 0 Å². The number of methoxy groups -OCH3 is 1. The molecule has 1 saturated heterocycles. The van der Waals surface area contributed by atoms with Crippen molar-refractivity contribution in [3.8, 4) is 0 Å². The number of alkyl halides is 4. The average Bonchev–Trinajstić information content (AvgIpc) is 2.80. The predicted molar refractivity (Wildman–Crippen MR) is 121 cm³/mol. The van der Waals surface area contributed by atoms with Crippen LogP contribution in [-0.4, -0.2) is 65.8 Å². The molecule has 35 heavy (non-hydrogen) atoms. The van der Waals surface area contributed by atoms with Gasteiger partial charge in [0, 0.05) is 26.8 Å². The van der Waals surface area contributed by atoms with Crippen LogP contribution in [0.25, 0.3) is 0 Å². The zero-order chi connectivity index (χ0) is 26.1. The second-order valence-corrected chi connectivity index (χ2v) is 8.07. The van der Waals surface area contributed by atoms with Crippen LogP contribution in [0.15, 0.2) is 29.3 Å². The van der Waals surface area contributed by atoms with Gasteiger partial charge in [0.2, 0.25) is 5.90 Å². The van der Waals surface area contributed by atoms with Gasteiger partial charge in [0.15, 0.2) is 0 Å². The predicted octanol–water partition coefficient (Wildman–Crippen LogP) is 2.43. The largest absolute Gasteiger partial charge is 0.481 e. The Hall–Kier alpha value is -3.84. The van der Waals surface area contributed by atoms with E-state index < -0.39 is 41.2 Å². The first-order valence-corrected chi connectivity index (χ1v) is 10.4. The van der Waals surface area contributed by atoms with Crippen molar-refractivity contribution in [2.24, 2.45) is 7.05 Å². The van der Waals surface area contributed by atoms with E-state index in [4.69, 9.17) is 15.9 Å². The summed E-state index contributed by atoms with van der Waals surface area (Å²) in [7, 11) is 3.76. The van der Waals surface area contributed by atoms with Gasteiger partial charge in [-0.25, -0.2) is 14.2 Å². The number of aryl methyl sites for hydroxylation is 1. The molecule has 2 amide bonds. The van der Waals surface area contributed by atoms with Crippen molar-refractivity contribution in [2.45, 2.75) is 24.8 Å². The Morgan fingerprint density at radius 2 is 2.06 bits per heavy atom. The van der Waals surface area contributed by atoms with E-state index in [0.717, 1.165) is 11.9 Å². The van der Waals surface area contributed by atoms with Crippen LogP contribution in [0.1, 0.15) is 17.5 Å². The maximum Gasteiger partial charge on any atom is 0.417 e. The second kappa shape index (κ2) is 9.80. The first-order chi connectivity index (χ1) is 16.3. The van der Waals surface area contributed by atoms with Crippen LogP contribution in [0.5, 0.6) is 0 Å². The molecule has 3 heterocycles. The van der Waals surface area contributed by atoms with Gasteiger partial charge in [-0.3, -0.25) is 10.2 Å². The molecule has 14 heteroatoms. The summed E-state index contributed by atoms with van der Waals surface area (Å²) in [6.07, 6.45) is -3.99. The quantitative estimate of drug-likeness (QED) is 0.337. The number of rotatable bonds is 4. The van der Waals surface area contributed by atoms with Gasteiger partial charge in [-0.05, 0) is 18.6 Å². The Morgan fingerprint density at radius 1 is 1.37 bits per heavy atom. The summed E-state index contributed by atoms with van der Waals surface area (Å²) in [6.45, 7) is 0.207. The van der Waals surface area contributed by atoms with Gasteiger partial charge in [0.05, 0.1) is 42.7 Å². The maximum absolute atomic E-state index is 15.1. The molecular formula is C21H25F4N7O3. The smallest absolute Gasteiger partial charge is 0.417 e. The van der Waals surface area contributed by atoms with Gasteiger partial charge in [-0.15, -0.1) is 0 Å². The lowest BCUT2D eigenvalue weighted by atomic mass is 10.0. The normalized spacial score (nSPS) is 18.2. The molecule has 2 aromatic heterocycles. The molecule has 0 radical (unpaired) electrons. The highest BCUT2D eigenvalue weighted by molar-refractivity contribution is 5.96. The van der Waals surface area contributed by atoms with Gasteiger partial charge in [0.25, 0.3) is 5.56 Å². The summed E-state index contributed by atoms with van der Waals surface area (Å²) in [5, 5.41) is 9.97. The fourth-order valence-corrected chi connectivity index (χ4v) is 3.80. The van der Waals surface area contributed by atoms with Crippen molar-refractivity contribution in [1.29, 1.82) is 5.41 Å². The fourth-order valence-electron chi connectivity index (χ4n) is 3.80. The number of hydrogen-bond acceptors (Lipinski definition) is 7. The van der Waals surface area contributed by atoms with Crippen LogP contribution in [0.4, 0.5) is 39.5 Å². The summed E-state index contributed by atoms with van der Waals surface area (Å²) in [6, 6.07) is 0.306. The highest BCUT2D eigenvalue weighted by Crippen LogP contribution is 2.30. The lowest BCUT2D eigenvalue weighted by Crippen LogP contribution is -2.54. The van der Waals surface area contributed by atoms with Gasteiger partial charge in [0.1, 0.15) is 17.7 Å². The Balaban J connectivity index is 1.72. The SMILES string of the molecule is COC(=N)c1cc(N2CCC(N(C)C(=O)Nc3cc(C(F)(F)F)cn(C)c3=O)[C@H](F)C2)cnc1N. The summed E-state index contributed by atoms with van der Waals surface area (Å²) in [4.78, 5) is 31.6. The summed E-state index contributed by atoms with van der Waals surface area (Å²) in [5.74, 6) is -0.106. The number of anilines is 3. The summed E-state index contributed by atoms with van der Waals surface area (Å²) < 4.78 is 60.0.